The van der Waals surface area contributed by atoms with Crippen molar-refractivity contribution < 1.29 is 14.0 Å². The smallest absolute Gasteiger partial charge is 0.273 e. The number of carbonyl (C=O) groups is 2. The Hall–Kier alpha value is -2.92. The molecule has 0 saturated heterocycles. The second-order valence-electron chi connectivity index (χ2n) is 6.49. The molecule has 136 valence electrons. The van der Waals surface area contributed by atoms with Crippen molar-refractivity contribution in [1.29, 1.82) is 0 Å². The van der Waals surface area contributed by atoms with Gasteiger partial charge in [-0.25, -0.2) is 4.39 Å². The average molecular weight is 383 g/mol. The van der Waals surface area contributed by atoms with Crippen molar-refractivity contribution in [2.45, 2.75) is 6.42 Å². The summed E-state index contributed by atoms with van der Waals surface area (Å²) in [4.78, 5) is 26.4. The van der Waals surface area contributed by atoms with E-state index in [2.05, 4.69) is 0 Å². The number of rotatable bonds is 4. The summed E-state index contributed by atoms with van der Waals surface area (Å²) >= 11 is 6.14. The highest BCUT2D eigenvalue weighted by atomic mass is 35.5. The first-order chi connectivity index (χ1) is 13.0. The number of fused-ring (bicyclic) bond motifs is 1. The third-order valence-corrected chi connectivity index (χ3v) is 5.18. The van der Waals surface area contributed by atoms with E-state index in [9.17, 15) is 14.0 Å². The number of aryl methyl sites for hydroxylation is 1. The maximum absolute atomic E-state index is 13.1. The normalized spacial score (nSPS) is 14.7. The van der Waals surface area contributed by atoms with Gasteiger partial charge in [0.2, 0.25) is 0 Å². The van der Waals surface area contributed by atoms with Crippen LogP contribution in [-0.4, -0.2) is 27.8 Å². The fraction of sp³-hybridized carbons (Fsp3) is 0.143. The molecule has 1 aliphatic rings. The van der Waals surface area contributed by atoms with Crippen LogP contribution in [0.15, 0.2) is 59.8 Å². The summed E-state index contributed by atoms with van der Waals surface area (Å²) in [5.41, 5.74) is 2.71. The SMILES string of the molecule is Cn1cc(CCN2C(=O)C(Cl)=C(c3ccc(F)cc3)C2=O)c2ccccc21. The highest BCUT2D eigenvalue weighted by molar-refractivity contribution is 6.55. The van der Waals surface area contributed by atoms with E-state index in [0.29, 0.717) is 12.0 Å². The molecule has 0 bridgehead atoms. The average Bonchev–Trinajstić information content (AvgIpc) is 3.09. The Balaban J connectivity index is 1.58. The van der Waals surface area contributed by atoms with Crippen LogP contribution >= 0.6 is 11.6 Å². The van der Waals surface area contributed by atoms with Gasteiger partial charge in [-0.15, -0.1) is 0 Å². The maximum Gasteiger partial charge on any atom is 0.273 e. The Bertz CT molecular complexity index is 1100. The van der Waals surface area contributed by atoms with Gasteiger partial charge >= 0.3 is 0 Å². The Morgan fingerprint density at radius 3 is 2.44 bits per heavy atom. The summed E-state index contributed by atoms with van der Waals surface area (Å²) in [5, 5.41) is 0.974. The minimum atomic E-state index is -0.513. The highest BCUT2D eigenvalue weighted by Crippen LogP contribution is 2.32. The van der Waals surface area contributed by atoms with Gasteiger partial charge in [-0.3, -0.25) is 14.5 Å². The number of nitrogens with zero attached hydrogens (tertiary/aromatic N) is 2. The van der Waals surface area contributed by atoms with Crippen molar-refractivity contribution in [2.24, 2.45) is 7.05 Å². The third-order valence-electron chi connectivity index (χ3n) is 4.83. The van der Waals surface area contributed by atoms with Gasteiger partial charge in [0, 0.05) is 30.7 Å². The molecule has 0 spiro atoms. The molecule has 27 heavy (non-hydrogen) atoms. The minimum Gasteiger partial charge on any atom is -0.350 e. The van der Waals surface area contributed by atoms with Crippen molar-refractivity contribution in [1.82, 2.24) is 9.47 Å². The van der Waals surface area contributed by atoms with Crippen LogP contribution in [0.4, 0.5) is 4.39 Å². The van der Waals surface area contributed by atoms with Gasteiger partial charge in [0.25, 0.3) is 11.8 Å². The van der Waals surface area contributed by atoms with E-state index in [1.807, 2.05) is 42.1 Å². The number of hydrogen-bond acceptors (Lipinski definition) is 2. The van der Waals surface area contributed by atoms with E-state index in [4.69, 9.17) is 11.6 Å². The first-order valence-electron chi connectivity index (χ1n) is 8.52. The van der Waals surface area contributed by atoms with E-state index in [1.165, 1.54) is 24.3 Å². The lowest BCUT2D eigenvalue weighted by Crippen LogP contribution is -2.33. The molecule has 1 aromatic heterocycles. The summed E-state index contributed by atoms with van der Waals surface area (Å²) in [6.45, 7) is 0.229. The molecule has 0 N–H and O–H groups in total. The summed E-state index contributed by atoms with van der Waals surface area (Å²) in [5.74, 6) is -1.38. The summed E-state index contributed by atoms with van der Waals surface area (Å²) in [6.07, 6.45) is 2.53. The zero-order chi connectivity index (χ0) is 19.1. The Morgan fingerprint density at radius 2 is 1.70 bits per heavy atom. The van der Waals surface area contributed by atoms with Crippen molar-refractivity contribution in [3.8, 4) is 0 Å². The molecule has 4 rings (SSSR count). The summed E-state index contributed by atoms with van der Waals surface area (Å²) < 4.78 is 15.2. The van der Waals surface area contributed by atoms with E-state index < -0.39 is 17.6 Å². The number of hydrogen-bond donors (Lipinski definition) is 0. The maximum atomic E-state index is 13.1. The molecule has 0 unspecified atom stereocenters. The van der Waals surface area contributed by atoms with Crippen LogP contribution in [0, 0.1) is 5.82 Å². The second kappa shape index (κ2) is 6.67. The molecule has 6 heteroatoms. The molecule has 0 aliphatic carbocycles. The molecule has 2 aromatic carbocycles. The van der Waals surface area contributed by atoms with Gasteiger partial charge in [0.1, 0.15) is 10.8 Å². The van der Waals surface area contributed by atoms with Crippen LogP contribution in [0.1, 0.15) is 11.1 Å². The standard InChI is InChI=1S/C21H16ClFN2O2/c1-24-12-14(16-4-2-3-5-17(16)24)10-11-25-20(26)18(19(22)21(25)27)13-6-8-15(23)9-7-13/h2-9,12H,10-11H2,1H3. The van der Waals surface area contributed by atoms with E-state index in [0.717, 1.165) is 21.4 Å². The molecular weight excluding hydrogens is 367 g/mol. The number of halogens is 2. The molecule has 0 fully saturated rings. The van der Waals surface area contributed by atoms with Crippen molar-refractivity contribution in [3.05, 3.63) is 76.7 Å². The molecule has 0 saturated carbocycles. The Kier molecular flexibility index (Phi) is 4.32. The van der Waals surface area contributed by atoms with Crippen LogP contribution < -0.4 is 0 Å². The number of imide groups is 1. The third kappa shape index (κ3) is 2.94. The molecule has 0 radical (unpaired) electrons. The van der Waals surface area contributed by atoms with Gasteiger partial charge < -0.3 is 4.57 Å². The summed E-state index contributed by atoms with van der Waals surface area (Å²) in [6, 6.07) is 13.4. The van der Waals surface area contributed by atoms with Crippen LogP contribution in [0.25, 0.3) is 16.5 Å². The molecular formula is C21H16ClFN2O2. The Labute approximate surface area is 160 Å². The predicted molar refractivity (Wildman–Crippen MR) is 103 cm³/mol. The lowest BCUT2D eigenvalue weighted by Gasteiger charge is -2.14. The molecule has 1 aliphatic heterocycles. The van der Waals surface area contributed by atoms with Gasteiger partial charge in [-0.05, 0) is 35.7 Å². The fourth-order valence-electron chi connectivity index (χ4n) is 3.47. The highest BCUT2D eigenvalue weighted by Gasteiger charge is 2.37. The number of aromatic nitrogens is 1. The van der Waals surface area contributed by atoms with Gasteiger partial charge in [0.15, 0.2) is 0 Å². The van der Waals surface area contributed by atoms with Crippen LogP contribution in [0.5, 0.6) is 0 Å². The molecule has 0 atom stereocenters. The van der Waals surface area contributed by atoms with Crippen molar-refractivity contribution >= 4 is 39.9 Å². The van der Waals surface area contributed by atoms with Gasteiger partial charge in [0.05, 0.1) is 5.57 Å². The van der Waals surface area contributed by atoms with Crippen LogP contribution in [0.3, 0.4) is 0 Å². The Morgan fingerprint density at radius 1 is 1.00 bits per heavy atom. The molecule has 2 heterocycles. The van der Waals surface area contributed by atoms with Crippen molar-refractivity contribution in [2.75, 3.05) is 6.54 Å². The molecule has 3 aromatic rings. The first kappa shape index (κ1) is 17.5. The lowest BCUT2D eigenvalue weighted by atomic mass is 10.1. The predicted octanol–water partition coefficient (Wildman–Crippen LogP) is 3.88. The number of carbonyl (C=O) groups excluding carboxylic acids is 2. The van der Waals surface area contributed by atoms with E-state index >= 15 is 0 Å². The van der Waals surface area contributed by atoms with Gasteiger partial charge in [-0.2, -0.15) is 0 Å². The minimum absolute atomic E-state index is 0.121. The molecule has 2 amide bonds. The largest absolute Gasteiger partial charge is 0.350 e. The van der Waals surface area contributed by atoms with E-state index in [1.54, 1.807) is 0 Å². The van der Waals surface area contributed by atoms with Crippen LogP contribution in [-0.2, 0) is 23.1 Å². The molecule has 4 nitrogen and oxygen atoms in total. The summed E-state index contributed by atoms with van der Waals surface area (Å²) in [7, 11) is 1.96. The number of para-hydroxylation sites is 1. The number of benzene rings is 2. The lowest BCUT2D eigenvalue weighted by molar-refractivity contribution is -0.136. The topological polar surface area (TPSA) is 42.3 Å². The quantitative estimate of drug-likeness (QED) is 0.643. The second-order valence-corrected chi connectivity index (χ2v) is 6.87. The van der Waals surface area contributed by atoms with Crippen LogP contribution in [0.2, 0.25) is 0 Å². The first-order valence-corrected chi connectivity index (χ1v) is 8.90. The zero-order valence-corrected chi connectivity index (χ0v) is 15.3. The number of amides is 2. The zero-order valence-electron chi connectivity index (χ0n) is 14.6. The monoisotopic (exact) mass is 382 g/mol. The van der Waals surface area contributed by atoms with E-state index in [-0.39, 0.29) is 17.2 Å². The van der Waals surface area contributed by atoms with Crippen molar-refractivity contribution in [3.63, 3.8) is 0 Å². The van der Waals surface area contributed by atoms with Gasteiger partial charge in [-0.1, -0.05) is 41.9 Å². The fourth-order valence-corrected chi connectivity index (χ4v) is 3.77.